The quantitative estimate of drug-likeness (QED) is 0.799. The summed E-state index contributed by atoms with van der Waals surface area (Å²) in [7, 11) is 0. The number of pyridine rings is 1. The van der Waals surface area contributed by atoms with Gasteiger partial charge in [-0.3, -0.25) is 4.98 Å². The second-order valence-electron chi connectivity index (χ2n) is 6.49. The second-order valence-corrected chi connectivity index (χ2v) is 6.49. The van der Waals surface area contributed by atoms with Gasteiger partial charge in [0.25, 0.3) is 0 Å². The van der Waals surface area contributed by atoms with Gasteiger partial charge in [-0.2, -0.15) is 0 Å². The highest BCUT2D eigenvalue weighted by Gasteiger charge is 2.42. The topological polar surface area (TPSA) is 25.4 Å². The molecule has 0 atom stereocenters. The summed E-state index contributed by atoms with van der Waals surface area (Å²) < 4.78 is 6.08. The minimum atomic E-state index is 0.128. The summed E-state index contributed by atoms with van der Waals surface area (Å²) >= 11 is 0. The van der Waals surface area contributed by atoms with E-state index in [1.54, 1.807) is 0 Å². The van der Waals surface area contributed by atoms with Crippen molar-refractivity contribution in [2.24, 2.45) is 0 Å². The minimum Gasteiger partial charge on any atom is -0.371 e. The lowest BCUT2D eigenvalue weighted by Crippen LogP contribution is -2.56. The standard InChI is InChI=1S/C18H22N2O/c1-13-14(2)19-16-7-4-3-6-15(16)17(13)20-10-11-21-18(12-20)8-5-9-18/h3-4,6-7H,5,8-12H2,1-2H3. The number of aryl methyl sites for hydroxylation is 1. The Morgan fingerprint density at radius 1 is 1.19 bits per heavy atom. The van der Waals surface area contributed by atoms with Gasteiger partial charge < -0.3 is 9.64 Å². The molecule has 2 aliphatic rings. The second kappa shape index (κ2) is 4.70. The fourth-order valence-corrected chi connectivity index (χ4v) is 3.73. The average Bonchev–Trinajstić information content (AvgIpc) is 2.47. The van der Waals surface area contributed by atoms with Crippen LogP contribution in [0.15, 0.2) is 24.3 Å². The first-order valence-corrected chi connectivity index (χ1v) is 7.93. The van der Waals surface area contributed by atoms with Crippen molar-refractivity contribution in [2.75, 3.05) is 24.6 Å². The van der Waals surface area contributed by atoms with Crippen molar-refractivity contribution in [1.82, 2.24) is 4.98 Å². The Hall–Kier alpha value is -1.61. The number of hydrogen-bond donors (Lipinski definition) is 0. The van der Waals surface area contributed by atoms with Crippen LogP contribution in [-0.4, -0.2) is 30.3 Å². The van der Waals surface area contributed by atoms with E-state index in [0.29, 0.717) is 0 Å². The molecular formula is C18H22N2O. The van der Waals surface area contributed by atoms with Crippen LogP contribution >= 0.6 is 0 Å². The first-order valence-electron chi connectivity index (χ1n) is 7.93. The van der Waals surface area contributed by atoms with Crippen molar-refractivity contribution in [3.8, 4) is 0 Å². The summed E-state index contributed by atoms with van der Waals surface area (Å²) in [5.41, 5.74) is 5.04. The Bertz CT molecular complexity index is 691. The van der Waals surface area contributed by atoms with Gasteiger partial charge in [0, 0.05) is 24.2 Å². The summed E-state index contributed by atoms with van der Waals surface area (Å²) in [6, 6.07) is 8.50. The number of fused-ring (bicyclic) bond motifs is 1. The van der Waals surface area contributed by atoms with E-state index in [2.05, 4.69) is 43.0 Å². The SMILES string of the molecule is Cc1nc2ccccc2c(N2CCOC3(CCC3)C2)c1C. The molecule has 1 aromatic carbocycles. The minimum absolute atomic E-state index is 0.128. The van der Waals surface area contributed by atoms with Crippen LogP contribution in [0.4, 0.5) is 5.69 Å². The van der Waals surface area contributed by atoms with E-state index in [1.807, 2.05) is 0 Å². The lowest BCUT2D eigenvalue weighted by molar-refractivity contribution is -0.106. The molecule has 1 aliphatic heterocycles. The molecule has 0 N–H and O–H groups in total. The Labute approximate surface area is 125 Å². The van der Waals surface area contributed by atoms with Gasteiger partial charge in [0.2, 0.25) is 0 Å². The molecule has 0 bridgehead atoms. The van der Waals surface area contributed by atoms with Crippen molar-refractivity contribution in [1.29, 1.82) is 0 Å². The summed E-state index contributed by atoms with van der Waals surface area (Å²) in [4.78, 5) is 7.28. The predicted molar refractivity (Wildman–Crippen MR) is 86.0 cm³/mol. The highest BCUT2D eigenvalue weighted by Crippen LogP contribution is 2.41. The number of rotatable bonds is 1. The van der Waals surface area contributed by atoms with Crippen LogP contribution in [0, 0.1) is 13.8 Å². The van der Waals surface area contributed by atoms with Gasteiger partial charge in [0.1, 0.15) is 0 Å². The summed E-state index contributed by atoms with van der Waals surface area (Å²) in [5, 5.41) is 1.27. The van der Waals surface area contributed by atoms with Crippen molar-refractivity contribution >= 4 is 16.6 Å². The fraction of sp³-hybridized carbons (Fsp3) is 0.500. The number of morpholine rings is 1. The molecule has 3 nitrogen and oxygen atoms in total. The molecule has 4 rings (SSSR count). The molecule has 1 spiro atoms. The molecule has 110 valence electrons. The highest BCUT2D eigenvalue weighted by molar-refractivity contribution is 5.94. The fourth-order valence-electron chi connectivity index (χ4n) is 3.73. The number of nitrogens with zero attached hydrogens (tertiary/aromatic N) is 2. The Kier molecular flexibility index (Phi) is 2.93. The number of para-hydroxylation sites is 1. The van der Waals surface area contributed by atoms with Crippen LogP contribution < -0.4 is 4.90 Å². The van der Waals surface area contributed by atoms with E-state index in [4.69, 9.17) is 9.72 Å². The molecule has 21 heavy (non-hydrogen) atoms. The maximum atomic E-state index is 6.08. The molecule has 0 radical (unpaired) electrons. The van der Waals surface area contributed by atoms with Crippen molar-refractivity contribution in [3.05, 3.63) is 35.5 Å². The van der Waals surface area contributed by atoms with Crippen LogP contribution in [0.5, 0.6) is 0 Å². The summed E-state index contributed by atoms with van der Waals surface area (Å²) in [6.45, 7) is 7.17. The number of aromatic nitrogens is 1. The van der Waals surface area contributed by atoms with Crippen LogP contribution in [0.25, 0.3) is 10.9 Å². The van der Waals surface area contributed by atoms with Crippen molar-refractivity contribution in [2.45, 2.75) is 38.7 Å². The number of hydrogen-bond acceptors (Lipinski definition) is 3. The molecule has 3 heteroatoms. The van der Waals surface area contributed by atoms with Crippen LogP contribution in [0.1, 0.15) is 30.5 Å². The van der Waals surface area contributed by atoms with Crippen LogP contribution in [0.2, 0.25) is 0 Å². The predicted octanol–water partition coefficient (Wildman–Crippen LogP) is 3.61. The molecule has 1 aromatic heterocycles. The zero-order valence-corrected chi connectivity index (χ0v) is 12.9. The summed E-state index contributed by atoms with van der Waals surface area (Å²) in [5.74, 6) is 0. The molecule has 2 aromatic rings. The van der Waals surface area contributed by atoms with Gasteiger partial charge in [-0.1, -0.05) is 18.2 Å². The number of benzene rings is 1. The van der Waals surface area contributed by atoms with E-state index in [-0.39, 0.29) is 5.60 Å². The Morgan fingerprint density at radius 3 is 2.76 bits per heavy atom. The monoisotopic (exact) mass is 282 g/mol. The number of ether oxygens (including phenoxy) is 1. The maximum absolute atomic E-state index is 6.08. The lowest BCUT2D eigenvalue weighted by atomic mass is 9.78. The molecule has 1 saturated carbocycles. The third-order valence-corrected chi connectivity index (χ3v) is 5.17. The van der Waals surface area contributed by atoms with E-state index >= 15 is 0 Å². The van der Waals surface area contributed by atoms with E-state index in [0.717, 1.165) is 30.9 Å². The maximum Gasteiger partial charge on any atom is 0.0857 e. The smallest absolute Gasteiger partial charge is 0.0857 e. The largest absolute Gasteiger partial charge is 0.371 e. The van der Waals surface area contributed by atoms with Gasteiger partial charge in [0.15, 0.2) is 0 Å². The molecule has 2 fully saturated rings. The molecule has 0 unspecified atom stereocenters. The third kappa shape index (κ3) is 2.03. The van der Waals surface area contributed by atoms with Crippen molar-refractivity contribution < 1.29 is 4.74 Å². The zero-order valence-electron chi connectivity index (χ0n) is 12.9. The van der Waals surface area contributed by atoms with Gasteiger partial charge in [0.05, 0.1) is 23.4 Å². The molecular weight excluding hydrogens is 260 g/mol. The van der Waals surface area contributed by atoms with Gasteiger partial charge in [-0.15, -0.1) is 0 Å². The highest BCUT2D eigenvalue weighted by atomic mass is 16.5. The Balaban J connectivity index is 1.83. The summed E-state index contributed by atoms with van der Waals surface area (Å²) in [6.07, 6.45) is 3.73. The van der Waals surface area contributed by atoms with Gasteiger partial charge in [-0.25, -0.2) is 0 Å². The first-order chi connectivity index (χ1) is 10.2. The van der Waals surface area contributed by atoms with E-state index in [1.165, 1.54) is 35.9 Å². The molecule has 1 saturated heterocycles. The Morgan fingerprint density at radius 2 is 2.00 bits per heavy atom. The van der Waals surface area contributed by atoms with Crippen molar-refractivity contribution in [3.63, 3.8) is 0 Å². The number of anilines is 1. The van der Waals surface area contributed by atoms with Crippen LogP contribution in [0.3, 0.4) is 0 Å². The van der Waals surface area contributed by atoms with Gasteiger partial charge >= 0.3 is 0 Å². The third-order valence-electron chi connectivity index (χ3n) is 5.17. The van der Waals surface area contributed by atoms with E-state index < -0.39 is 0 Å². The first kappa shape index (κ1) is 13.1. The van der Waals surface area contributed by atoms with Crippen LogP contribution in [-0.2, 0) is 4.74 Å². The average molecular weight is 282 g/mol. The lowest BCUT2D eigenvalue weighted by Gasteiger charge is -2.49. The van der Waals surface area contributed by atoms with E-state index in [9.17, 15) is 0 Å². The molecule has 0 amide bonds. The molecule has 2 heterocycles. The van der Waals surface area contributed by atoms with Gasteiger partial charge in [-0.05, 0) is 44.7 Å². The normalized spacial score (nSPS) is 20.8. The molecule has 1 aliphatic carbocycles. The zero-order chi connectivity index (χ0) is 14.4.